The van der Waals surface area contributed by atoms with Crippen molar-refractivity contribution in [2.45, 2.75) is 6.92 Å². The van der Waals surface area contributed by atoms with Gasteiger partial charge in [0.05, 0.1) is 0 Å². The Morgan fingerprint density at radius 3 is 2.85 bits per heavy atom. The molecule has 1 aromatic carbocycles. The summed E-state index contributed by atoms with van der Waals surface area (Å²) < 4.78 is 0. The molecule has 13 heavy (non-hydrogen) atoms. The molecule has 1 nitrogen and oxygen atoms in total. The minimum atomic E-state index is 0.299. The Hall–Kier alpha value is -1.50. The van der Waals surface area contributed by atoms with Crippen molar-refractivity contribution in [3.05, 3.63) is 47.5 Å². The van der Waals surface area contributed by atoms with Gasteiger partial charge in [-0.1, -0.05) is 43.3 Å². The maximum atomic E-state index is 9.73. The first kappa shape index (κ1) is 8.11. The van der Waals surface area contributed by atoms with Gasteiger partial charge in [-0.15, -0.1) is 0 Å². The van der Waals surface area contributed by atoms with E-state index in [0.29, 0.717) is 11.7 Å². The van der Waals surface area contributed by atoms with Crippen LogP contribution in [-0.4, -0.2) is 5.11 Å². The lowest BCUT2D eigenvalue weighted by Crippen LogP contribution is -1.86. The van der Waals surface area contributed by atoms with E-state index in [2.05, 4.69) is 19.1 Å². The van der Waals surface area contributed by atoms with Crippen molar-refractivity contribution in [1.29, 1.82) is 0 Å². The van der Waals surface area contributed by atoms with E-state index >= 15 is 0 Å². The summed E-state index contributed by atoms with van der Waals surface area (Å²) in [6.07, 6.45) is 6.00. The van der Waals surface area contributed by atoms with Gasteiger partial charge in [-0.3, -0.25) is 0 Å². The van der Waals surface area contributed by atoms with Crippen LogP contribution in [0.3, 0.4) is 0 Å². The van der Waals surface area contributed by atoms with Crippen molar-refractivity contribution in [2.24, 2.45) is 5.92 Å². The van der Waals surface area contributed by atoms with E-state index in [4.69, 9.17) is 0 Å². The molecule has 0 aliphatic heterocycles. The number of hydrogen-bond acceptors (Lipinski definition) is 1. The van der Waals surface area contributed by atoms with Crippen LogP contribution in [0.1, 0.15) is 18.1 Å². The summed E-state index contributed by atoms with van der Waals surface area (Å²) in [6.45, 7) is 2.05. The third-order valence-electron chi connectivity index (χ3n) is 2.24. The Bertz CT molecular complexity index is 374. The zero-order valence-corrected chi connectivity index (χ0v) is 7.57. The molecule has 0 fully saturated rings. The van der Waals surface area contributed by atoms with E-state index < -0.39 is 0 Å². The van der Waals surface area contributed by atoms with Crippen molar-refractivity contribution in [3.8, 4) is 0 Å². The first-order chi connectivity index (χ1) is 6.27. The topological polar surface area (TPSA) is 20.2 Å². The highest BCUT2D eigenvalue weighted by atomic mass is 16.3. The number of rotatable bonds is 0. The standard InChI is InChI=1S/C12H12O/c1-9-6-7-10-4-2-3-5-11(10)12(13)8-9/h2-9,13H,1H3. The second-order valence-electron chi connectivity index (χ2n) is 3.36. The third-order valence-corrected chi connectivity index (χ3v) is 2.24. The van der Waals surface area contributed by atoms with Crippen LogP contribution < -0.4 is 0 Å². The van der Waals surface area contributed by atoms with Crippen molar-refractivity contribution < 1.29 is 5.11 Å². The van der Waals surface area contributed by atoms with Crippen LogP contribution >= 0.6 is 0 Å². The smallest absolute Gasteiger partial charge is 0.120 e. The van der Waals surface area contributed by atoms with Gasteiger partial charge in [-0.2, -0.15) is 0 Å². The quantitative estimate of drug-likeness (QED) is 0.637. The van der Waals surface area contributed by atoms with Crippen LogP contribution in [0.2, 0.25) is 0 Å². The van der Waals surface area contributed by atoms with E-state index in [1.807, 2.05) is 30.3 Å². The summed E-state index contributed by atoms with van der Waals surface area (Å²) in [6, 6.07) is 7.86. The van der Waals surface area contributed by atoms with Crippen LogP contribution in [-0.2, 0) is 0 Å². The van der Waals surface area contributed by atoms with Gasteiger partial charge in [0.1, 0.15) is 5.76 Å². The fraction of sp³-hybridized carbons (Fsp3) is 0.167. The van der Waals surface area contributed by atoms with Crippen LogP contribution in [0.15, 0.2) is 36.4 Å². The molecule has 0 heterocycles. The molecule has 0 saturated heterocycles. The summed E-state index contributed by atoms with van der Waals surface area (Å²) in [5.74, 6) is 0.681. The molecule has 1 aromatic rings. The molecule has 1 heteroatoms. The monoisotopic (exact) mass is 172 g/mol. The Morgan fingerprint density at radius 1 is 1.23 bits per heavy atom. The number of fused-ring (bicyclic) bond motifs is 1. The van der Waals surface area contributed by atoms with Crippen LogP contribution in [0, 0.1) is 5.92 Å². The average molecular weight is 172 g/mol. The lowest BCUT2D eigenvalue weighted by molar-refractivity contribution is 0.507. The van der Waals surface area contributed by atoms with Gasteiger partial charge in [0.25, 0.3) is 0 Å². The third kappa shape index (κ3) is 1.50. The zero-order chi connectivity index (χ0) is 9.26. The molecule has 1 aliphatic rings. The Labute approximate surface area is 78.0 Å². The van der Waals surface area contributed by atoms with Gasteiger partial charge in [-0.05, 0) is 17.6 Å². The molecular weight excluding hydrogens is 160 g/mol. The van der Waals surface area contributed by atoms with Crippen molar-refractivity contribution in [3.63, 3.8) is 0 Å². The van der Waals surface area contributed by atoms with E-state index in [1.165, 1.54) is 0 Å². The lowest BCUT2D eigenvalue weighted by Gasteiger charge is -2.02. The Balaban J connectivity index is 2.59. The largest absolute Gasteiger partial charge is 0.508 e. The Kier molecular flexibility index (Phi) is 1.93. The highest BCUT2D eigenvalue weighted by molar-refractivity contribution is 5.72. The van der Waals surface area contributed by atoms with E-state index in [9.17, 15) is 5.11 Å². The molecular formula is C12H12O. The van der Waals surface area contributed by atoms with E-state index in [1.54, 1.807) is 0 Å². The van der Waals surface area contributed by atoms with Gasteiger partial charge in [-0.25, -0.2) is 0 Å². The molecule has 0 saturated carbocycles. The zero-order valence-electron chi connectivity index (χ0n) is 7.57. The summed E-state index contributed by atoms with van der Waals surface area (Å²) in [5, 5.41) is 9.73. The van der Waals surface area contributed by atoms with Crippen molar-refractivity contribution in [1.82, 2.24) is 0 Å². The van der Waals surface area contributed by atoms with E-state index in [-0.39, 0.29) is 0 Å². The molecule has 1 aliphatic carbocycles. The summed E-state index contributed by atoms with van der Waals surface area (Å²) in [5.41, 5.74) is 2.00. The first-order valence-electron chi connectivity index (χ1n) is 4.46. The molecule has 0 spiro atoms. The van der Waals surface area contributed by atoms with Crippen molar-refractivity contribution >= 4 is 11.8 Å². The molecule has 0 radical (unpaired) electrons. The Morgan fingerprint density at radius 2 is 2.00 bits per heavy atom. The highest BCUT2D eigenvalue weighted by Crippen LogP contribution is 2.23. The van der Waals surface area contributed by atoms with Gasteiger partial charge >= 0.3 is 0 Å². The summed E-state index contributed by atoms with van der Waals surface area (Å²) >= 11 is 0. The van der Waals surface area contributed by atoms with Gasteiger partial charge in [0.2, 0.25) is 0 Å². The normalized spacial score (nSPS) is 20.4. The molecule has 0 aromatic heterocycles. The summed E-state index contributed by atoms with van der Waals surface area (Å²) in [7, 11) is 0. The minimum Gasteiger partial charge on any atom is -0.508 e. The second-order valence-corrected chi connectivity index (χ2v) is 3.36. The fourth-order valence-electron chi connectivity index (χ4n) is 1.53. The maximum Gasteiger partial charge on any atom is 0.120 e. The number of benzene rings is 1. The van der Waals surface area contributed by atoms with Gasteiger partial charge < -0.3 is 5.11 Å². The first-order valence-corrected chi connectivity index (χ1v) is 4.46. The maximum absolute atomic E-state index is 9.73. The number of allylic oxidation sites excluding steroid dienone is 2. The lowest BCUT2D eigenvalue weighted by atomic mass is 10.1. The second kappa shape index (κ2) is 3.09. The fourth-order valence-corrected chi connectivity index (χ4v) is 1.53. The highest BCUT2D eigenvalue weighted by Gasteiger charge is 2.08. The van der Waals surface area contributed by atoms with E-state index in [0.717, 1.165) is 11.1 Å². The summed E-state index contributed by atoms with van der Waals surface area (Å²) in [4.78, 5) is 0. The molecule has 2 rings (SSSR count). The molecule has 1 N–H and O–H groups in total. The average Bonchev–Trinajstić information content (AvgIpc) is 2.27. The molecule has 0 bridgehead atoms. The van der Waals surface area contributed by atoms with Crippen LogP contribution in [0.25, 0.3) is 11.8 Å². The molecule has 1 unspecified atom stereocenters. The molecule has 66 valence electrons. The van der Waals surface area contributed by atoms with Crippen LogP contribution in [0.4, 0.5) is 0 Å². The van der Waals surface area contributed by atoms with Crippen LogP contribution in [0.5, 0.6) is 0 Å². The predicted octanol–water partition coefficient (Wildman–Crippen LogP) is 3.25. The SMILES string of the molecule is CC1C=Cc2ccccc2C(O)=C1. The molecule has 1 atom stereocenters. The number of aliphatic hydroxyl groups excluding tert-OH is 1. The number of hydrogen-bond donors (Lipinski definition) is 1. The van der Waals surface area contributed by atoms with Gasteiger partial charge in [0.15, 0.2) is 0 Å². The minimum absolute atomic E-state index is 0.299. The number of aliphatic hydroxyl groups is 1. The molecule has 0 amide bonds. The predicted molar refractivity (Wildman–Crippen MR) is 55.2 cm³/mol. The van der Waals surface area contributed by atoms with Gasteiger partial charge in [0, 0.05) is 5.56 Å². The van der Waals surface area contributed by atoms with Crippen molar-refractivity contribution in [2.75, 3.05) is 0 Å².